The van der Waals surface area contributed by atoms with Gasteiger partial charge in [0.25, 0.3) is 5.78 Å². The molecule has 1 unspecified atom stereocenters. The Bertz CT molecular complexity index is 823. The van der Waals surface area contributed by atoms with Gasteiger partial charge in [0.05, 0.1) is 6.04 Å². The first-order chi connectivity index (χ1) is 11.2. The minimum atomic E-state index is 0.246. The quantitative estimate of drug-likeness (QED) is 0.785. The van der Waals surface area contributed by atoms with E-state index in [1.54, 1.807) is 4.52 Å². The number of benzene rings is 1. The molecule has 3 aromatic rings. The Morgan fingerprint density at radius 2 is 2.04 bits per heavy atom. The standard InChI is InChI=1S/C17H18ClN5/c1-11-9-15(23-17(21-11)19-10-20-23)22-16(12-3-2-4-12)13-5-7-14(18)8-6-13/h5-10,12,16,22H,2-4H2,1H3. The van der Waals surface area contributed by atoms with Crippen molar-refractivity contribution in [2.45, 2.75) is 32.2 Å². The van der Waals surface area contributed by atoms with Crippen LogP contribution in [0, 0.1) is 12.8 Å². The number of halogens is 1. The predicted molar refractivity (Wildman–Crippen MR) is 90.7 cm³/mol. The van der Waals surface area contributed by atoms with Crippen LogP contribution in [-0.4, -0.2) is 19.6 Å². The topological polar surface area (TPSA) is 55.1 Å². The van der Waals surface area contributed by atoms with E-state index in [0.29, 0.717) is 11.7 Å². The highest BCUT2D eigenvalue weighted by Gasteiger charge is 2.29. The van der Waals surface area contributed by atoms with Crippen molar-refractivity contribution in [1.29, 1.82) is 0 Å². The molecule has 1 aliphatic carbocycles. The third kappa shape index (κ3) is 2.77. The van der Waals surface area contributed by atoms with E-state index < -0.39 is 0 Å². The highest BCUT2D eigenvalue weighted by molar-refractivity contribution is 6.30. The van der Waals surface area contributed by atoms with Gasteiger partial charge in [0.1, 0.15) is 12.1 Å². The predicted octanol–water partition coefficient (Wildman–Crippen LogP) is 4.04. The van der Waals surface area contributed by atoms with E-state index in [0.717, 1.165) is 16.5 Å². The summed E-state index contributed by atoms with van der Waals surface area (Å²) < 4.78 is 1.76. The third-order valence-corrected chi connectivity index (χ3v) is 4.79. The summed E-state index contributed by atoms with van der Waals surface area (Å²) in [5.74, 6) is 2.18. The van der Waals surface area contributed by atoms with Gasteiger partial charge in [0.15, 0.2) is 0 Å². The Hall–Kier alpha value is -2.14. The van der Waals surface area contributed by atoms with Crippen LogP contribution >= 0.6 is 11.6 Å². The van der Waals surface area contributed by atoms with Gasteiger partial charge >= 0.3 is 0 Å². The molecule has 0 amide bonds. The van der Waals surface area contributed by atoms with Crippen LogP contribution in [0.3, 0.4) is 0 Å². The molecule has 0 aliphatic heterocycles. The molecule has 1 aliphatic rings. The van der Waals surface area contributed by atoms with Gasteiger partial charge in [0, 0.05) is 16.8 Å². The molecule has 1 N–H and O–H groups in total. The first-order valence-corrected chi connectivity index (χ1v) is 8.28. The van der Waals surface area contributed by atoms with Crippen molar-refractivity contribution in [1.82, 2.24) is 19.6 Å². The molecule has 1 fully saturated rings. The molecular formula is C17H18ClN5. The Balaban J connectivity index is 1.72. The van der Waals surface area contributed by atoms with E-state index in [1.165, 1.54) is 31.2 Å². The molecule has 0 saturated heterocycles. The molecule has 118 valence electrons. The van der Waals surface area contributed by atoms with Gasteiger partial charge in [-0.2, -0.15) is 14.6 Å². The molecule has 1 atom stereocenters. The maximum absolute atomic E-state index is 6.04. The molecule has 2 heterocycles. The summed E-state index contributed by atoms with van der Waals surface area (Å²) in [6.45, 7) is 1.97. The lowest BCUT2D eigenvalue weighted by Crippen LogP contribution is -2.27. The van der Waals surface area contributed by atoms with Crippen LogP contribution < -0.4 is 5.32 Å². The minimum Gasteiger partial charge on any atom is -0.363 e. The molecule has 0 radical (unpaired) electrons. The third-order valence-electron chi connectivity index (χ3n) is 4.53. The molecule has 0 bridgehead atoms. The van der Waals surface area contributed by atoms with Crippen molar-refractivity contribution in [3.8, 4) is 0 Å². The smallest absolute Gasteiger partial charge is 0.254 e. The van der Waals surface area contributed by atoms with Gasteiger partial charge in [0.2, 0.25) is 0 Å². The molecule has 5 nitrogen and oxygen atoms in total. The second kappa shape index (κ2) is 5.81. The number of fused-ring (bicyclic) bond motifs is 1. The highest BCUT2D eigenvalue weighted by atomic mass is 35.5. The summed E-state index contributed by atoms with van der Waals surface area (Å²) in [6, 6.07) is 10.4. The van der Waals surface area contributed by atoms with E-state index in [9.17, 15) is 0 Å². The maximum atomic E-state index is 6.04. The molecule has 1 saturated carbocycles. The lowest BCUT2D eigenvalue weighted by Gasteiger charge is -2.35. The fraction of sp³-hybridized carbons (Fsp3) is 0.353. The second-order valence-corrected chi connectivity index (χ2v) is 6.56. The maximum Gasteiger partial charge on any atom is 0.254 e. The molecule has 1 aromatic carbocycles. The van der Waals surface area contributed by atoms with Gasteiger partial charge in [-0.1, -0.05) is 30.2 Å². The van der Waals surface area contributed by atoms with Gasteiger partial charge < -0.3 is 5.32 Å². The number of hydrogen-bond acceptors (Lipinski definition) is 4. The second-order valence-electron chi connectivity index (χ2n) is 6.12. The van der Waals surface area contributed by atoms with Crippen LogP contribution in [-0.2, 0) is 0 Å². The first kappa shape index (κ1) is 14.5. The normalized spacial score (nSPS) is 16.3. The van der Waals surface area contributed by atoms with Gasteiger partial charge in [-0.15, -0.1) is 0 Å². The van der Waals surface area contributed by atoms with Crippen LogP contribution in [0.5, 0.6) is 0 Å². The molecule has 23 heavy (non-hydrogen) atoms. The van der Waals surface area contributed by atoms with Crippen LogP contribution in [0.1, 0.15) is 36.6 Å². The van der Waals surface area contributed by atoms with Crippen molar-refractivity contribution in [3.63, 3.8) is 0 Å². The number of rotatable bonds is 4. The average Bonchev–Trinajstić information content (AvgIpc) is 2.93. The summed E-state index contributed by atoms with van der Waals surface area (Å²) in [5, 5.41) is 8.71. The summed E-state index contributed by atoms with van der Waals surface area (Å²) in [4.78, 5) is 8.59. The van der Waals surface area contributed by atoms with Crippen LogP contribution in [0.4, 0.5) is 5.82 Å². The zero-order chi connectivity index (χ0) is 15.8. The van der Waals surface area contributed by atoms with Crippen molar-refractivity contribution in [2.75, 3.05) is 5.32 Å². The largest absolute Gasteiger partial charge is 0.363 e. The molecule has 6 heteroatoms. The lowest BCUT2D eigenvalue weighted by molar-refractivity contribution is 0.276. The Kier molecular flexibility index (Phi) is 3.65. The average molecular weight is 328 g/mol. The van der Waals surface area contributed by atoms with E-state index >= 15 is 0 Å². The summed E-state index contributed by atoms with van der Waals surface area (Å²) in [5.41, 5.74) is 2.18. The zero-order valence-electron chi connectivity index (χ0n) is 12.9. The van der Waals surface area contributed by atoms with Gasteiger partial charge in [-0.25, -0.2) is 4.98 Å². The number of anilines is 1. The van der Waals surface area contributed by atoms with Crippen LogP contribution in [0.15, 0.2) is 36.7 Å². The minimum absolute atomic E-state index is 0.246. The lowest BCUT2D eigenvalue weighted by atomic mass is 9.77. The number of aromatic nitrogens is 4. The van der Waals surface area contributed by atoms with Crippen molar-refractivity contribution in [3.05, 3.63) is 52.9 Å². The van der Waals surface area contributed by atoms with Crippen LogP contribution in [0.25, 0.3) is 5.78 Å². The van der Waals surface area contributed by atoms with E-state index in [1.807, 2.05) is 25.1 Å². The zero-order valence-corrected chi connectivity index (χ0v) is 13.7. The van der Waals surface area contributed by atoms with Crippen molar-refractivity contribution < 1.29 is 0 Å². The SMILES string of the molecule is Cc1cc(NC(c2ccc(Cl)cc2)C2CCC2)n2ncnc2n1. The monoisotopic (exact) mass is 327 g/mol. The van der Waals surface area contributed by atoms with E-state index in [2.05, 4.69) is 32.5 Å². The summed E-state index contributed by atoms with van der Waals surface area (Å²) in [7, 11) is 0. The summed E-state index contributed by atoms with van der Waals surface area (Å²) in [6.07, 6.45) is 5.31. The van der Waals surface area contributed by atoms with Crippen molar-refractivity contribution in [2.24, 2.45) is 5.92 Å². The Morgan fingerprint density at radius 3 is 2.74 bits per heavy atom. The molecule has 4 rings (SSSR count). The molecule has 2 aromatic heterocycles. The van der Waals surface area contributed by atoms with Crippen LogP contribution in [0.2, 0.25) is 5.02 Å². The number of hydrogen-bond donors (Lipinski definition) is 1. The number of nitrogens with zero attached hydrogens (tertiary/aromatic N) is 4. The number of nitrogens with one attached hydrogen (secondary N) is 1. The highest BCUT2D eigenvalue weighted by Crippen LogP contribution is 2.40. The fourth-order valence-corrected chi connectivity index (χ4v) is 3.24. The Morgan fingerprint density at radius 1 is 1.26 bits per heavy atom. The first-order valence-electron chi connectivity index (χ1n) is 7.90. The molecule has 0 spiro atoms. The van der Waals surface area contributed by atoms with E-state index in [-0.39, 0.29) is 6.04 Å². The van der Waals surface area contributed by atoms with Crippen molar-refractivity contribution >= 4 is 23.2 Å². The Labute approximate surface area is 139 Å². The van der Waals surface area contributed by atoms with Gasteiger partial charge in [-0.05, 0) is 43.4 Å². The van der Waals surface area contributed by atoms with Gasteiger partial charge in [-0.3, -0.25) is 0 Å². The fourth-order valence-electron chi connectivity index (χ4n) is 3.11. The summed E-state index contributed by atoms with van der Waals surface area (Å²) >= 11 is 6.04. The molecular weight excluding hydrogens is 310 g/mol. The number of aryl methyl sites for hydroxylation is 1. The van der Waals surface area contributed by atoms with E-state index in [4.69, 9.17) is 11.6 Å².